The topological polar surface area (TPSA) is 134 Å². The molecule has 2 heterocycles. The lowest BCUT2D eigenvalue weighted by Gasteiger charge is -2.22. The summed E-state index contributed by atoms with van der Waals surface area (Å²) in [6.07, 6.45) is 4.21. The molecule has 9 heteroatoms. The minimum Gasteiger partial charge on any atom is -0.368 e. The Balaban J connectivity index is 1.52. The van der Waals surface area contributed by atoms with Gasteiger partial charge in [0.2, 0.25) is 11.8 Å². The van der Waals surface area contributed by atoms with Crippen LogP contribution in [-0.4, -0.2) is 50.9 Å². The maximum atomic E-state index is 12.4. The van der Waals surface area contributed by atoms with Gasteiger partial charge in [0.25, 0.3) is 5.91 Å². The summed E-state index contributed by atoms with van der Waals surface area (Å²) in [6.45, 7) is 1.56. The van der Waals surface area contributed by atoms with E-state index in [4.69, 9.17) is 5.73 Å². The summed E-state index contributed by atoms with van der Waals surface area (Å²) in [6, 6.07) is 11.4. The fourth-order valence-electron chi connectivity index (χ4n) is 2.89. The average molecular weight is 420 g/mol. The number of aryl methyl sites for hydroxylation is 1. The number of hydrogen-bond donors (Lipinski definition) is 3. The second-order valence-electron chi connectivity index (χ2n) is 7.14. The molecular formula is C22H24N6O3. The van der Waals surface area contributed by atoms with Crippen molar-refractivity contribution in [2.24, 2.45) is 5.73 Å². The maximum absolute atomic E-state index is 12.4. The second kappa shape index (κ2) is 9.66. The van der Waals surface area contributed by atoms with E-state index in [1.54, 1.807) is 43.6 Å². The Kier molecular flexibility index (Phi) is 6.76. The molecule has 0 bridgehead atoms. The molecule has 0 saturated carbocycles. The van der Waals surface area contributed by atoms with Crippen LogP contribution in [0.15, 0.2) is 54.9 Å². The number of aromatic nitrogens is 3. The van der Waals surface area contributed by atoms with Crippen LogP contribution >= 0.6 is 0 Å². The first-order chi connectivity index (χ1) is 14.8. The Morgan fingerprint density at radius 3 is 2.58 bits per heavy atom. The minimum absolute atomic E-state index is 0.156. The lowest BCUT2D eigenvalue weighted by molar-refractivity contribution is -0.121. The number of pyridine rings is 1. The summed E-state index contributed by atoms with van der Waals surface area (Å²) < 4.78 is 0. The molecule has 3 rings (SSSR count). The molecule has 0 saturated heterocycles. The van der Waals surface area contributed by atoms with Gasteiger partial charge < -0.3 is 16.0 Å². The van der Waals surface area contributed by atoms with Crippen LogP contribution in [0.25, 0.3) is 11.3 Å². The van der Waals surface area contributed by atoms with Gasteiger partial charge in [0.15, 0.2) is 0 Å². The molecule has 0 radical (unpaired) electrons. The first kappa shape index (κ1) is 21.7. The van der Waals surface area contributed by atoms with Crippen molar-refractivity contribution in [2.45, 2.75) is 25.8 Å². The number of primary amides is 1. The summed E-state index contributed by atoms with van der Waals surface area (Å²) in [5, 5.41) is 9.99. The van der Waals surface area contributed by atoms with Crippen molar-refractivity contribution in [3.8, 4) is 11.3 Å². The van der Waals surface area contributed by atoms with Crippen LogP contribution in [0.3, 0.4) is 0 Å². The van der Waals surface area contributed by atoms with Crippen LogP contribution in [0, 0.1) is 0 Å². The number of rotatable bonds is 8. The zero-order valence-corrected chi connectivity index (χ0v) is 17.3. The zero-order chi connectivity index (χ0) is 22.4. The minimum atomic E-state index is -0.715. The van der Waals surface area contributed by atoms with Gasteiger partial charge in [-0.3, -0.25) is 24.5 Å². The Bertz CT molecular complexity index is 1060. The van der Waals surface area contributed by atoms with Gasteiger partial charge in [-0.05, 0) is 55.8 Å². The zero-order valence-electron chi connectivity index (χ0n) is 17.3. The third-order valence-electron chi connectivity index (χ3n) is 4.94. The molecule has 9 nitrogen and oxygen atoms in total. The van der Waals surface area contributed by atoms with E-state index >= 15 is 0 Å². The van der Waals surface area contributed by atoms with E-state index in [9.17, 15) is 14.4 Å². The Labute approximate surface area is 179 Å². The van der Waals surface area contributed by atoms with Crippen molar-refractivity contribution in [1.82, 2.24) is 20.1 Å². The summed E-state index contributed by atoms with van der Waals surface area (Å²) in [7, 11) is 1.52. The van der Waals surface area contributed by atoms with E-state index in [0.717, 1.165) is 17.0 Å². The fraction of sp³-hybridized carbons (Fsp3) is 0.227. The van der Waals surface area contributed by atoms with E-state index in [-0.39, 0.29) is 18.2 Å². The number of nitrogens with two attached hydrogens (primary N) is 1. The molecule has 1 atom stereocenters. The molecule has 1 aromatic carbocycles. The third kappa shape index (κ3) is 5.53. The van der Waals surface area contributed by atoms with E-state index < -0.39 is 11.9 Å². The molecular weight excluding hydrogens is 396 g/mol. The fourth-order valence-corrected chi connectivity index (χ4v) is 2.89. The third-order valence-corrected chi connectivity index (χ3v) is 4.94. The average Bonchev–Trinajstić information content (AvgIpc) is 3.26. The van der Waals surface area contributed by atoms with Crippen LogP contribution in [0.2, 0.25) is 0 Å². The molecule has 3 aromatic rings. The second-order valence-corrected chi connectivity index (χ2v) is 7.14. The summed E-state index contributed by atoms with van der Waals surface area (Å²) in [5.74, 6) is -1.06. The maximum Gasteiger partial charge on any atom is 0.254 e. The van der Waals surface area contributed by atoms with E-state index in [2.05, 4.69) is 20.5 Å². The van der Waals surface area contributed by atoms with Gasteiger partial charge >= 0.3 is 0 Å². The number of H-pyrrole nitrogens is 1. The lowest BCUT2D eigenvalue weighted by atomic mass is 10.1. The van der Waals surface area contributed by atoms with Crippen molar-refractivity contribution in [3.05, 3.63) is 66.1 Å². The normalized spacial score (nSPS) is 11.5. The summed E-state index contributed by atoms with van der Waals surface area (Å²) in [4.78, 5) is 41.3. The number of carbonyl (C=O) groups excluding carboxylic acids is 3. The predicted octanol–water partition coefficient (Wildman–Crippen LogP) is 1.99. The Hall–Kier alpha value is -4.01. The first-order valence-corrected chi connectivity index (χ1v) is 9.76. The van der Waals surface area contributed by atoms with Crippen LogP contribution < -0.4 is 11.1 Å². The van der Waals surface area contributed by atoms with Crippen LogP contribution in [0.4, 0.5) is 5.69 Å². The highest BCUT2D eigenvalue weighted by Gasteiger charge is 2.21. The van der Waals surface area contributed by atoms with E-state index in [0.29, 0.717) is 17.7 Å². The standard InChI is InChI=1S/C22H24N6O3/c1-14(21(23)30)28(2)22(31)15-5-7-17(8-6-15)25-20(29)10-9-18-12-19(27-26-18)16-4-3-11-24-13-16/h3-8,11-14H,9-10H2,1-2H3,(H2,23,30)(H,25,29)(H,26,27). The number of benzene rings is 1. The Morgan fingerprint density at radius 2 is 1.94 bits per heavy atom. The monoisotopic (exact) mass is 420 g/mol. The van der Waals surface area contributed by atoms with Gasteiger partial charge in [0.1, 0.15) is 6.04 Å². The predicted molar refractivity (Wildman–Crippen MR) is 116 cm³/mol. The summed E-state index contributed by atoms with van der Waals surface area (Å²) >= 11 is 0. The molecule has 0 spiro atoms. The molecule has 0 aliphatic carbocycles. The van der Waals surface area contributed by atoms with Crippen LogP contribution in [-0.2, 0) is 16.0 Å². The lowest BCUT2D eigenvalue weighted by Crippen LogP contribution is -2.43. The Morgan fingerprint density at radius 1 is 1.19 bits per heavy atom. The van der Waals surface area contributed by atoms with Crippen LogP contribution in [0.5, 0.6) is 0 Å². The molecule has 0 aliphatic heterocycles. The van der Waals surface area contributed by atoms with Crippen molar-refractivity contribution < 1.29 is 14.4 Å². The number of anilines is 1. The highest BCUT2D eigenvalue weighted by Crippen LogP contribution is 2.17. The van der Waals surface area contributed by atoms with Crippen molar-refractivity contribution >= 4 is 23.4 Å². The number of aromatic amines is 1. The highest BCUT2D eigenvalue weighted by molar-refractivity contribution is 5.98. The van der Waals surface area contributed by atoms with Crippen molar-refractivity contribution in [2.75, 3.05) is 12.4 Å². The smallest absolute Gasteiger partial charge is 0.254 e. The SMILES string of the molecule is CC(C(N)=O)N(C)C(=O)c1ccc(NC(=O)CCc2cc(-c3cccnc3)n[nH]2)cc1. The quantitative estimate of drug-likeness (QED) is 0.512. The molecule has 1 unspecified atom stereocenters. The van der Waals surface area contributed by atoms with Gasteiger partial charge in [-0.1, -0.05) is 0 Å². The number of nitrogens with one attached hydrogen (secondary N) is 2. The molecule has 4 N–H and O–H groups in total. The molecule has 160 valence electrons. The molecule has 31 heavy (non-hydrogen) atoms. The van der Waals surface area contributed by atoms with Crippen molar-refractivity contribution in [1.29, 1.82) is 0 Å². The van der Waals surface area contributed by atoms with Crippen molar-refractivity contribution in [3.63, 3.8) is 0 Å². The molecule has 2 aromatic heterocycles. The first-order valence-electron chi connectivity index (χ1n) is 9.76. The highest BCUT2D eigenvalue weighted by atomic mass is 16.2. The number of hydrogen-bond acceptors (Lipinski definition) is 5. The van der Waals surface area contributed by atoms with E-state index in [1.165, 1.54) is 11.9 Å². The molecule has 0 aliphatic rings. The van der Waals surface area contributed by atoms with Gasteiger partial charge in [-0.15, -0.1) is 0 Å². The number of carbonyl (C=O) groups is 3. The number of nitrogens with zero attached hydrogens (tertiary/aromatic N) is 3. The number of amides is 3. The van der Waals surface area contributed by atoms with Gasteiger partial charge in [-0.25, -0.2) is 0 Å². The van der Waals surface area contributed by atoms with E-state index in [1.807, 2.05) is 18.2 Å². The van der Waals surface area contributed by atoms with Gasteiger partial charge in [0.05, 0.1) is 5.69 Å². The molecule has 3 amide bonds. The number of likely N-dealkylation sites (N-methyl/N-ethyl adjacent to an activating group) is 1. The van der Waals surface area contributed by atoms with Crippen LogP contribution in [0.1, 0.15) is 29.4 Å². The van der Waals surface area contributed by atoms with Gasteiger partial charge in [-0.2, -0.15) is 5.10 Å². The largest absolute Gasteiger partial charge is 0.368 e. The molecule has 0 fully saturated rings. The summed E-state index contributed by atoms with van der Waals surface area (Å²) in [5.41, 5.74) is 8.75. The van der Waals surface area contributed by atoms with Gasteiger partial charge in [0, 0.05) is 48.4 Å².